The first-order valence-corrected chi connectivity index (χ1v) is 5.66. The Morgan fingerprint density at radius 1 is 1.41 bits per heavy atom. The summed E-state index contributed by atoms with van der Waals surface area (Å²) in [7, 11) is 1.58. The van der Waals surface area contributed by atoms with Crippen LogP contribution in [0.1, 0.15) is 19.4 Å². The summed E-state index contributed by atoms with van der Waals surface area (Å²) in [6.07, 6.45) is 0. The number of methoxy groups -OCH3 is 1. The van der Waals surface area contributed by atoms with Crippen LogP contribution in [-0.4, -0.2) is 19.1 Å². The van der Waals surface area contributed by atoms with E-state index in [0.29, 0.717) is 11.4 Å². The predicted octanol–water partition coefficient (Wildman–Crippen LogP) is 1.93. The lowest BCUT2D eigenvalue weighted by Crippen LogP contribution is -2.34. The summed E-state index contributed by atoms with van der Waals surface area (Å²) in [6.45, 7) is 5.59. The zero-order valence-corrected chi connectivity index (χ0v) is 10.8. The Labute approximate surface area is 102 Å². The van der Waals surface area contributed by atoms with Gasteiger partial charge in [-0.2, -0.15) is 0 Å². The van der Waals surface area contributed by atoms with Crippen molar-refractivity contribution in [3.63, 3.8) is 0 Å². The summed E-state index contributed by atoms with van der Waals surface area (Å²) in [5.74, 6) is 0.324. The number of hydrogen-bond acceptors (Lipinski definition) is 3. The second-order valence-corrected chi connectivity index (χ2v) is 4.34. The second-order valence-electron chi connectivity index (χ2n) is 4.34. The molecular formula is C13H20N2O2. The molecule has 0 fully saturated rings. The van der Waals surface area contributed by atoms with Crippen LogP contribution in [0.15, 0.2) is 18.2 Å². The van der Waals surface area contributed by atoms with Gasteiger partial charge >= 0.3 is 0 Å². The van der Waals surface area contributed by atoms with E-state index in [2.05, 4.69) is 5.32 Å². The average Bonchev–Trinajstić information content (AvgIpc) is 2.28. The highest BCUT2D eigenvalue weighted by Crippen LogP contribution is 2.25. The maximum absolute atomic E-state index is 11.9. The maximum Gasteiger partial charge on any atom is 0.228 e. The standard InChI is InChI=1S/C13H20N2O2/c1-8-5-6-12(17-4)11(7-8)15-13(16)9(2)10(3)14/h5-7,9-10H,14H2,1-4H3,(H,15,16). The minimum absolute atomic E-state index is 0.0936. The molecule has 0 spiro atoms. The SMILES string of the molecule is COc1ccc(C)cc1NC(=O)C(C)C(C)N. The highest BCUT2D eigenvalue weighted by Gasteiger charge is 2.18. The molecule has 0 aromatic heterocycles. The quantitative estimate of drug-likeness (QED) is 0.839. The molecular weight excluding hydrogens is 216 g/mol. The lowest BCUT2D eigenvalue weighted by Gasteiger charge is -2.17. The van der Waals surface area contributed by atoms with Gasteiger partial charge in [0, 0.05) is 6.04 Å². The molecule has 94 valence electrons. The summed E-state index contributed by atoms with van der Waals surface area (Å²) >= 11 is 0. The highest BCUT2D eigenvalue weighted by molar-refractivity contribution is 5.94. The molecule has 1 aromatic carbocycles. The number of nitrogens with one attached hydrogen (secondary N) is 1. The molecule has 0 radical (unpaired) electrons. The zero-order chi connectivity index (χ0) is 13.0. The fourth-order valence-electron chi connectivity index (χ4n) is 1.40. The number of nitrogens with two attached hydrogens (primary N) is 1. The van der Waals surface area contributed by atoms with E-state index >= 15 is 0 Å². The number of aryl methyl sites for hydroxylation is 1. The minimum Gasteiger partial charge on any atom is -0.495 e. The average molecular weight is 236 g/mol. The van der Waals surface area contributed by atoms with Crippen LogP contribution in [0.5, 0.6) is 5.75 Å². The first-order chi connectivity index (χ1) is 7.95. The van der Waals surface area contributed by atoms with Crippen LogP contribution in [0.2, 0.25) is 0 Å². The van der Waals surface area contributed by atoms with Gasteiger partial charge in [0.1, 0.15) is 5.75 Å². The Bertz CT molecular complexity index is 402. The first-order valence-electron chi connectivity index (χ1n) is 5.66. The molecule has 0 saturated carbocycles. The predicted molar refractivity (Wildman–Crippen MR) is 69.2 cm³/mol. The van der Waals surface area contributed by atoms with Crippen LogP contribution in [0, 0.1) is 12.8 Å². The number of hydrogen-bond donors (Lipinski definition) is 2. The van der Waals surface area contributed by atoms with Gasteiger partial charge < -0.3 is 15.8 Å². The maximum atomic E-state index is 11.9. The van der Waals surface area contributed by atoms with Gasteiger partial charge in [-0.1, -0.05) is 13.0 Å². The van der Waals surface area contributed by atoms with E-state index in [9.17, 15) is 4.79 Å². The van der Waals surface area contributed by atoms with Crippen molar-refractivity contribution in [1.29, 1.82) is 0 Å². The largest absolute Gasteiger partial charge is 0.495 e. The zero-order valence-electron chi connectivity index (χ0n) is 10.8. The van der Waals surface area contributed by atoms with Gasteiger partial charge in [-0.15, -0.1) is 0 Å². The lowest BCUT2D eigenvalue weighted by molar-refractivity contribution is -0.119. The third kappa shape index (κ3) is 3.46. The summed E-state index contributed by atoms with van der Waals surface area (Å²) in [5, 5.41) is 2.84. The van der Waals surface area contributed by atoms with E-state index < -0.39 is 0 Å². The van der Waals surface area contributed by atoms with E-state index in [1.807, 2.05) is 39.0 Å². The molecule has 0 aliphatic rings. The van der Waals surface area contributed by atoms with Crippen molar-refractivity contribution >= 4 is 11.6 Å². The van der Waals surface area contributed by atoms with Crippen LogP contribution in [0.3, 0.4) is 0 Å². The van der Waals surface area contributed by atoms with Crippen molar-refractivity contribution in [2.24, 2.45) is 11.7 Å². The van der Waals surface area contributed by atoms with Crippen molar-refractivity contribution in [3.05, 3.63) is 23.8 Å². The fourth-order valence-corrected chi connectivity index (χ4v) is 1.40. The van der Waals surface area contributed by atoms with Gasteiger partial charge in [0.25, 0.3) is 0 Å². The van der Waals surface area contributed by atoms with Gasteiger partial charge in [-0.05, 0) is 31.5 Å². The van der Waals surface area contributed by atoms with Crippen LogP contribution in [0.25, 0.3) is 0 Å². The van der Waals surface area contributed by atoms with E-state index in [0.717, 1.165) is 5.56 Å². The highest BCUT2D eigenvalue weighted by atomic mass is 16.5. The number of carbonyl (C=O) groups is 1. The van der Waals surface area contributed by atoms with Crippen molar-refractivity contribution in [3.8, 4) is 5.75 Å². The first kappa shape index (κ1) is 13.5. The van der Waals surface area contributed by atoms with Crippen LogP contribution < -0.4 is 15.8 Å². The molecule has 1 amide bonds. The number of anilines is 1. The molecule has 0 aliphatic carbocycles. The summed E-state index contributed by atoms with van der Waals surface area (Å²) in [5.41, 5.74) is 7.45. The summed E-state index contributed by atoms with van der Waals surface area (Å²) in [4.78, 5) is 11.9. The molecule has 3 N–H and O–H groups in total. The topological polar surface area (TPSA) is 64.3 Å². The Morgan fingerprint density at radius 3 is 2.59 bits per heavy atom. The molecule has 1 rings (SSSR count). The molecule has 0 bridgehead atoms. The minimum atomic E-state index is -0.236. The van der Waals surface area contributed by atoms with E-state index in [1.165, 1.54) is 0 Å². The lowest BCUT2D eigenvalue weighted by atomic mass is 10.0. The summed E-state index contributed by atoms with van der Waals surface area (Å²) < 4.78 is 5.20. The molecule has 2 unspecified atom stereocenters. The van der Waals surface area contributed by atoms with Crippen molar-refractivity contribution < 1.29 is 9.53 Å². The van der Waals surface area contributed by atoms with Gasteiger partial charge in [0.2, 0.25) is 5.91 Å². The number of benzene rings is 1. The van der Waals surface area contributed by atoms with Crippen molar-refractivity contribution in [2.75, 3.05) is 12.4 Å². The normalized spacial score (nSPS) is 13.9. The van der Waals surface area contributed by atoms with E-state index in [-0.39, 0.29) is 17.9 Å². The fraction of sp³-hybridized carbons (Fsp3) is 0.462. The molecule has 17 heavy (non-hydrogen) atoms. The van der Waals surface area contributed by atoms with Gasteiger partial charge in [-0.25, -0.2) is 0 Å². The molecule has 4 heteroatoms. The third-order valence-corrected chi connectivity index (χ3v) is 2.82. The van der Waals surface area contributed by atoms with Crippen molar-refractivity contribution in [2.45, 2.75) is 26.8 Å². The Balaban J connectivity index is 2.87. The number of carbonyl (C=O) groups excluding carboxylic acids is 1. The monoisotopic (exact) mass is 236 g/mol. The Morgan fingerprint density at radius 2 is 2.06 bits per heavy atom. The Kier molecular flexibility index (Phi) is 4.52. The van der Waals surface area contributed by atoms with Crippen LogP contribution >= 0.6 is 0 Å². The van der Waals surface area contributed by atoms with Gasteiger partial charge in [0.15, 0.2) is 0 Å². The molecule has 0 aliphatic heterocycles. The third-order valence-electron chi connectivity index (χ3n) is 2.82. The Hall–Kier alpha value is -1.55. The van der Waals surface area contributed by atoms with Crippen LogP contribution in [-0.2, 0) is 4.79 Å². The number of ether oxygens (including phenoxy) is 1. The number of amides is 1. The molecule has 1 aromatic rings. The number of rotatable bonds is 4. The van der Waals surface area contributed by atoms with Crippen molar-refractivity contribution in [1.82, 2.24) is 0 Å². The van der Waals surface area contributed by atoms with Gasteiger partial charge in [0.05, 0.1) is 18.7 Å². The summed E-state index contributed by atoms with van der Waals surface area (Å²) in [6, 6.07) is 5.47. The molecule has 0 heterocycles. The molecule has 0 saturated heterocycles. The second kappa shape index (κ2) is 5.68. The molecule has 2 atom stereocenters. The van der Waals surface area contributed by atoms with E-state index in [4.69, 9.17) is 10.5 Å². The van der Waals surface area contributed by atoms with Crippen LogP contribution in [0.4, 0.5) is 5.69 Å². The molecule has 4 nitrogen and oxygen atoms in total. The van der Waals surface area contributed by atoms with Gasteiger partial charge in [-0.3, -0.25) is 4.79 Å². The van der Waals surface area contributed by atoms with E-state index in [1.54, 1.807) is 7.11 Å². The smallest absolute Gasteiger partial charge is 0.228 e.